The fraction of sp³-hybridized carbons (Fsp3) is 0.300. The van der Waals surface area contributed by atoms with Crippen LogP contribution in [0.15, 0.2) is 24.3 Å². The Hall–Kier alpha value is -1.51. The van der Waals surface area contributed by atoms with Crippen molar-refractivity contribution in [3.05, 3.63) is 29.8 Å². The van der Waals surface area contributed by atoms with Crippen LogP contribution >= 0.6 is 0 Å². The van der Waals surface area contributed by atoms with Crippen LogP contribution < -0.4 is 5.32 Å². The van der Waals surface area contributed by atoms with Crippen molar-refractivity contribution >= 4 is 11.7 Å². The van der Waals surface area contributed by atoms with E-state index in [1.165, 1.54) is 6.92 Å². The van der Waals surface area contributed by atoms with E-state index in [9.17, 15) is 4.79 Å². The van der Waals surface area contributed by atoms with Gasteiger partial charge in [-0.15, -0.1) is 0 Å². The number of carbonyl (C=O) groups excluding carboxylic acids is 1. The third-order valence-electron chi connectivity index (χ3n) is 2.09. The number of ether oxygens (including phenoxy) is 1. The Morgan fingerprint density at radius 1 is 1.54 bits per heavy atom. The Bertz CT molecular complexity index is 335. The highest BCUT2D eigenvalue weighted by molar-refractivity contribution is 5.67. The number of rotatable bonds is 1. The molecule has 0 spiro atoms. The molecule has 1 aromatic rings. The van der Waals surface area contributed by atoms with Crippen LogP contribution in [-0.4, -0.2) is 12.5 Å². The van der Waals surface area contributed by atoms with Crippen molar-refractivity contribution < 1.29 is 9.53 Å². The standard InChI is InChI=1S/C10H11NO2/c1-7(12)13-10-6-11-9-5-3-2-4-8(9)10/h2-5,10-11H,6H2,1H3. The molecule has 0 aliphatic carbocycles. The topological polar surface area (TPSA) is 38.3 Å². The van der Waals surface area contributed by atoms with E-state index in [4.69, 9.17) is 4.74 Å². The van der Waals surface area contributed by atoms with E-state index in [0.29, 0.717) is 6.54 Å². The molecule has 0 amide bonds. The van der Waals surface area contributed by atoms with Gasteiger partial charge in [-0.3, -0.25) is 4.79 Å². The second-order valence-electron chi connectivity index (χ2n) is 3.07. The van der Waals surface area contributed by atoms with Crippen LogP contribution in [0.5, 0.6) is 0 Å². The summed E-state index contributed by atoms with van der Waals surface area (Å²) in [6.45, 7) is 2.11. The maximum absolute atomic E-state index is 10.8. The average molecular weight is 177 g/mol. The molecule has 68 valence electrons. The number of fused-ring (bicyclic) bond motifs is 1. The number of nitrogens with one attached hydrogen (secondary N) is 1. The van der Waals surface area contributed by atoms with E-state index in [1.807, 2.05) is 24.3 Å². The molecule has 1 N–H and O–H groups in total. The van der Waals surface area contributed by atoms with Gasteiger partial charge in [0.15, 0.2) is 0 Å². The highest BCUT2D eigenvalue weighted by Gasteiger charge is 2.23. The van der Waals surface area contributed by atoms with Crippen LogP contribution in [0.3, 0.4) is 0 Å². The van der Waals surface area contributed by atoms with Gasteiger partial charge in [-0.05, 0) is 6.07 Å². The molecule has 3 heteroatoms. The molecule has 0 radical (unpaired) electrons. The molecule has 1 atom stereocenters. The van der Waals surface area contributed by atoms with Gasteiger partial charge in [-0.1, -0.05) is 18.2 Å². The van der Waals surface area contributed by atoms with E-state index in [2.05, 4.69) is 5.32 Å². The van der Waals surface area contributed by atoms with Gasteiger partial charge in [-0.2, -0.15) is 0 Å². The number of esters is 1. The van der Waals surface area contributed by atoms with Crippen LogP contribution in [0.1, 0.15) is 18.6 Å². The van der Waals surface area contributed by atoms with E-state index >= 15 is 0 Å². The van der Waals surface area contributed by atoms with Crippen LogP contribution in [0.2, 0.25) is 0 Å². The Balaban J connectivity index is 2.23. The third kappa shape index (κ3) is 1.49. The highest BCUT2D eigenvalue weighted by atomic mass is 16.5. The summed E-state index contributed by atoms with van der Waals surface area (Å²) in [5, 5.41) is 3.18. The Morgan fingerprint density at radius 2 is 2.31 bits per heavy atom. The lowest BCUT2D eigenvalue weighted by Gasteiger charge is -2.09. The van der Waals surface area contributed by atoms with Gasteiger partial charge in [-0.25, -0.2) is 0 Å². The molecule has 13 heavy (non-hydrogen) atoms. The lowest BCUT2D eigenvalue weighted by Crippen LogP contribution is -2.09. The van der Waals surface area contributed by atoms with Crippen LogP contribution in [0, 0.1) is 0 Å². The minimum Gasteiger partial charge on any atom is -0.456 e. The lowest BCUT2D eigenvalue weighted by atomic mass is 10.1. The van der Waals surface area contributed by atoms with E-state index in [1.54, 1.807) is 0 Å². The molecule has 0 saturated heterocycles. The average Bonchev–Trinajstić information content (AvgIpc) is 2.48. The number of para-hydroxylation sites is 1. The van der Waals surface area contributed by atoms with Crippen LogP contribution in [-0.2, 0) is 9.53 Å². The van der Waals surface area contributed by atoms with Crippen LogP contribution in [0.25, 0.3) is 0 Å². The van der Waals surface area contributed by atoms with Crippen molar-refractivity contribution in [3.63, 3.8) is 0 Å². The van der Waals surface area contributed by atoms with Gasteiger partial charge in [0.05, 0.1) is 6.54 Å². The van der Waals surface area contributed by atoms with Crippen molar-refractivity contribution in [2.24, 2.45) is 0 Å². The molecule has 3 nitrogen and oxygen atoms in total. The maximum atomic E-state index is 10.8. The fourth-order valence-electron chi connectivity index (χ4n) is 1.56. The first-order chi connectivity index (χ1) is 6.27. The summed E-state index contributed by atoms with van der Waals surface area (Å²) in [4.78, 5) is 10.8. The summed E-state index contributed by atoms with van der Waals surface area (Å²) in [6.07, 6.45) is -0.117. The molecule has 1 aliphatic rings. The zero-order valence-electron chi connectivity index (χ0n) is 7.41. The molecular weight excluding hydrogens is 166 g/mol. The Morgan fingerprint density at radius 3 is 3.08 bits per heavy atom. The van der Waals surface area contributed by atoms with Gasteiger partial charge < -0.3 is 10.1 Å². The van der Waals surface area contributed by atoms with Crippen molar-refractivity contribution in [3.8, 4) is 0 Å². The summed E-state index contributed by atoms with van der Waals surface area (Å²) in [6, 6.07) is 7.87. The summed E-state index contributed by atoms with van der Waals surface area (Å²) < 4.78 is 5.14. The number of hydrogen-bond acceptors (Lipinski definition) is 3. The molecule has 0 aromatic heterocycles. The first-order valence-corrected chi connectivity index (χ1v) is 4.27. The Kier molecular flexibility index (Phi) is 1.93. The van der Waals surface area contributed by atoms with Gasteiger partial charge in [0, 0.05) is 18.2 Å². The monoisotopic (exact) mass is 177 g/mol. The zero-order chi connectivity index (χ0) is 9.26. The third-order valence-corrected chi connectivity index (χ3v) is 2.09. The molecule has 0 bridgehead atoms. The molecule has 0 saturated carbocycles. The second kappa shape index (κ2) is 3.09. The molecule has 0 fully saturated rings. The van der Waals surface area contributed by atoms with E-state index in [-0.39, 0.29) is 12.1 Å². The first-order valence-electron chi connectivity index (χ1n) is 4.27. The van der Waals surface area contributed by atoms with Gasteiger partial charge >= 0.3 is 5.97 Å². The predicted molar refractivity (Wildman–Crippen MR) is 49.4 cm³/mol. The summed E-state index contributed by atoms with van der Waals surface area (Å²) in [5.74, 6) is -0.233. The highest BCUT2D eigenvalue weighted by Crippen LogP contribution is 2.31. The largest absolute Gasteiger partial charge is 0.456 e. The van der Waals surface area contributed by atoms with Crippen molar-refractivity contribution in [1.82, 2.24) is 0 Å². The summed E-state index contributed by atoms with van der Waals surface area (Å²) in [7, 11) is 0. The SMILES string of the molecule is CC(=O)OC1CNc2ccccc21. The quantitative estimate of drug-likeness (QED) is 0.664. The molecule has 2 rings (SSSR count). The molecule has 1 aliphatic heterocycles. The second-order valence-corrected chi connectivity index (χ2v) is 3.07. The lowest BCUT2D eigenvalue weighted by molar-refractivity contribution is -0.145. The van der Waals surface area contributed by atoms with Gasteiger partial charge in [0.2, 0.25) is 0 Å². The normalized spacial score (nSPS) is 19.0. The first kappa shape index (κ1) is 8.10. The fourth-order valence-corrected chi connectivity index (χ4v) is 1.56. The molecule has 1 unspecified atom stereocenters. The number of benzene rings is 1. The van der Waals surface area contributed by atoms with Gasteiger partial charge in [0.25, 0.3) is 0 Å². The predicted octanol–water partition coefficient (Wildman–Crippen LogP) is 1.72. The number of hydrogen-bond donors (Lipinski definition) is 1. The molecule has 1 heterocycles. The minimum absolute atomic E-state index is 0.117. The van der Waals surface area contributed by atoms with E-state index < -0.39 is 0 Å². The Labute approximate surface area is 76.7 Å². The zero-order valence-corrected chi connectivity index (χ0v) is 7.41. The number of anilines is 1. The summed E-state index contributed by atoms with van der Waals surface area (Å²) >= 11 is 0. The van der Waals surface area contributed by atoms with Gasteiger partial charge in [0.1, 0.15) is 6.10 Å². The van der Waals surface area contributed by atoms with Crippen molar-refractivity contribution in [1.29, 1.82) is 0 Å². The molecular formula is C10H11NO2. The van der Waals surface area contributed by atoms with Crippen molar-refractivity contribution in [2.45, 2.75) is 13.0 Å². The minimum atomic E-state index is -0.233. The van der Waals surface area contributed by atoms with Crippen LogP contribution in [0.4, 0.5) is 5.69 Å². The smallest absolute Gasteiger partial charge is 0.303 e. The maximum Gasteiger partial charge on any atom is 0.303 e. The van der Waals surface area contributed by atoms with E-state index in [0.717, 1.165) is 11.3 Å². The summed E-state index contributed by atoms with van der Waals surface area (Å²) in [5.41, 5.74) is 2.13. The number of carbonyl (C=O) groups is 1. The molecule has 1 aromatic carbocycles. The van der Waals surface area contributed by atoms with Crippen molar-refractivity contribution in [2.75, 3.05) is 11.9 Å².